The van der Waals surface area contributed by atoms with E-state index in [0.29, 0.717) is 0 Å². The molecule has 0 spiro atoms. The molecule has 3 rings (SSSR count). The summed E-state index contributed by atoms with van der Waals surface area (Å²) >= 11 is 0. The fourth-order valence-electron chi connectivity index (χ4n) is 2.92. The van der Waals surface area contributed by atoms with Crippen LogP contribution in [0.25, 0.3) is 10.9 Å². The van der Waals surface area contributed by atoms with Gasteiger partial charge in [0.15, 0.2) is 0 Å². The Morgan fingerprint density at radius 3 is 2.75 bits per heavy atom. The monoisotopic (exact) mass is 269 g/mol. The zero-order valence-corrected chi connectivity index (χ0v) is 12.4. The van der Waals surface area contributed by atoms with Crippen molar-refractivity contribution < 1.29 is 0 Å². The number of anilines is 2. The SMILES string of the molecule is CCCNc1cc(C)nc2ccc(N3CCCC3)cc12. The summed E-state index contributed by atoms with van der Waals surface area (Å²) in [5.41, 5.74) is 4.71. The van der Waals surface area contributed by atoms with E-state index >= 15 is 0 Å². The van der Waals surface area contributed by atoms with Crippen molar-refractivity contribution in [2.45, 2.75) is 33.1 Å². The third-order valence-electron chi connectivity index (χ3n) is 3.96. The first kappa shape index (κ1) is 13.2. The predicted molar refractivity (Wildman–Crippen MR) is 86.7 cm³/mol. The highest BCUT2D eigenvalue weighted by Crippen LogP contribution is 2.29. The minimum atomic E-state index is 1.01. The average molecular weight is 269 g/mol. The second kappa shape index (κ2) is 5.70. The second-order valence-corrected chi connectivity index (χ2v) is 5.63. The average Bonchev–Trinajstić information content (AvgIpc) is 2.98. The Morgan fingerprint density at radius 1 is 1.20 bits per heavy atom. The molecule has 1 saturated heterocycles. The molecule has 1 aliphatic heterocycles. The van der Waals surface area contributed by atoms with Gasteiger partial charge in [0.2, 0.25) is 0 Å². The van der Waals surface area contributed by atoms with Crippen LogP contribution in [0.3, 0.4) is 0 Å². The van der Waals surface area contributed by atoms with E-state index in [1.54, 1.807) is 0 Å². The molecule has 20 heavy (non-hydrogen) atoms. The number of benzene rings is 1. The van der Waals surface area contributed by atoms with Gasteiger partial charge in [0.25, 0.3) is 0 Å². The summed E-state index contributed by atoms with van der Waals surface area (Å²) < 4.78 is 0. The third-order valence-corrected chi connectivity index (χ3v) is 3.96. The van der Waals surface area contributed by atoms with E-state index in [2.05, 4.69) is 53.3 Å². The molecule has 0 bridgehead atoms. The third kappa shape index (κ3) is 2.58. The van der Waals surface area contributed by atoms with Crippen molar-refractivity contribution in [3.05, 3.63) is 30.0 Å². The molecule has 1 fully saturated rings. The van der Waals surface area contributed by atoms with E-state index in [1.165, 1.54) is 42.7 Å². The summed E-state index contributed by atoms with van der Waals surface area (Å²) in [5.74, 6) is 0. The number of fused-ring (bicyclic) bond motifs is 1. The fraction of sp³-hybridized carbons (Fsp3) is 0.471. The Hall–Kier alpha value is -1.77. The number of aromatic nitrogens is 1. The number of aryl methyl sites for hydroxylation is 1. The van der Waals surface area contributed by atoms with Crippen LogP contribution in [0.4, 0.5) is 11.4 Å². The van der Waals surface area contributed by atoms with Gasteiger partial charge in [0.1, 0.15) is 0 Å². The Balaban J connectivity index is 2.03. The van der Waals surface area contributed by atoms with Gasteiger partial charge < -0.3 is 10.2 Å². The van der Waals surface area contributed by atoms with Crippen LogP contribution in [0.1, 0.15) is 31.9 Å². The summed E-state index contributed by atoms with van der Waals surface area (Å²) in [6.07, 6.45) is 3.75. The van der Waals surface area contributed by atoms with Crippen LogP contribution >= 0.6 is 0 Å². The zero-order chi connectivity index (χ0) is 13.9. The molecule has 1 aromatic heterocycles. The molecule has 3 nitrogen and oxygen atoms in total. The maximum atomic E-state index is 4.65. The lowest BCUT2D eigenvalue weighted by molar-refractivity contribution is 0.949. The summed E-state index contributed by atoms with van der Waals surface area (Å²) in [6.45, 7) is 7.63. The molecule has 2 aromatic rings. The quantitative estimate of drug-likeness (QED) is 0.910. The molecule has 106 valence electrons. The minimum absolute atomic E-state index is 1.01. The minimum Gasteiger partial charge on any atom is -0.384 e. The normalized spacial score (nSPS) is 15.0. The van der Waals surface area contributed by atoms with E-state index in [9.17, 15) is 0 Å². The van der Waals surface area contributed by atoms with Gasteiger partial charge in [-0.15, -0.1) is 0 Å². The molecule has 0 atom stereocenters. The predicted octanol–water partition coefficient (Wildman–Crippen LogP) is 3.97. The summed E-state index contributed by atoms with van der Waals surface area (Å²) in [6, 6.07) is 8.83. The second-order valence-electron chi connectivity index (χ2n) is 5.63. The molecule has 1 aliphatic rings. The number of nitrogens with one attached hydrogen (secondary N) is 1. The molecule has 1 N–H and O–H groups in total. The Labute approximate surface area is 121 Å². The lowest BCUT2D eigenvalue weighted by Crippen LogP contribution is -2.17. The Kier molecular flexibility index (Phi) is 3.77. The first-order chi connectivity index (χ1) is 9.78. The molecule has 0 radical (unpaired) electrons. The lowest BCUT2D eigenvalue weighted by Gasteiger charge is -2.19. The van der Waals surface area contributed by atoms with Crippen molar-refractivity contribution >= 4 is 22.3 Å². The van der Waals surface area contributed by atoms with Crippen LogP contribution in [0.5, 0.6) is 0 Å². The van der Waals surface area contributed by atoms with Crippen LogP contribution in [0.2, 0.25) is 0 Å². The standard InChI is InChI=1S/C17H23N3/c1-3-8-18-17-11-13(2)19-16-7-6-14(12-15(16)17)20-9-4-5-10-20/h6-7,11-12H,3-5,8-10H2,1-2H3,(H,18,19). The first-order valence-corrected chi connectivity index (χ1v) is 7.68. The van der Waals surface area contributed by atoms with E-state index in [4.69, 9.17) is 0 Å². The highest BCUT2D eigenvalue weighted by atomic mass is 15.1. The van der Waals surface area contributed by atoms with Crippen molar-refractivity contribution in [3.63, 3.8) is 0 Å². The summed E-state index contributed by atoms with van der Waals surface area (Å²) in [5, 5.41) is 4.78. The van der Waals surface area contributed by atoms with Crippen LogP contribution < -0.4 is 10.2 Å². The lowest BCUT2D eigenvalue weighted by atomic mass is 10.1. The zero-order valence-electron chi connectivity index (χ0n) is 12.4. The molecule has 0 aliphatic carbocycles. The topological polar surface area (TPSA) is 28.2 Å². The van der Waals surface area contributed by atoms with Gasteiger partial charge >= 0.3 is 0 Å². The van der Waals surface area contributed by atoms with E-state index in [0.717, 1.165) is 24.2 Å². The van der Waals surface area contributed by atoms with Crippen molar-refractivity contribution in [2.24, 2.45) is 0 Å². The molecule has 0 amide bonds. The molecular weight excluding hydrogens is 246 g/mol. The van der Waals surface area contributed by atoms with E-state index in [1.807, 2.05) is 0 Å². The summed E-state index contributed by atoms with van der Waals surface area (Å²) in [7, 11) is 0. The first-order valence-electron chi connectivity index (χ1n) is 7.68. The van der Waals surface area contributed by atoms with Crippen LogP contribution in [0.15, 0.2) is 24.3 Å². The molecular formula is C17H23N3. The van der Waals surface area contributed by atoms with Gasteiger partial charge in [-0.05, 0) is 50.5 Å². The maximum absolute atomic E-state index is 4.65. The molecule has 3 heteroatoms. The number of pyridine rings is 1. The van der Waals surface area contributed by atoms with Crippen LogP contribution in [-0.4, -0.2) is 24.6 Å². The van der Waals surface area contributed by atoms with Crippen molar-refractivity contribution in [2.75, 3.05) is 29.9 Å². The van der Waals surface area contributed by atoms with Crippen molar-refractivity contribution in [1.29, 1.82) is 0 Å². The highest BCUT2D eigenvalue weighted by molar-refractivity contribution is 5.94. The largest absolute Gasteiger partial charge is 0.384 e. The van der Waals surface area contributed by atoms with E-state index in [-0.39, 0.29) is 0 Å². The fourth-order valence-corrected chi connectivity index (χ4v) is 2.92. The van der Waals surface area contributed by atoms with Crippen LogP contribution in [-0.2, 0) is 0 Å². The summed E-state index contributed by atoms with van der Waals surface area (Å²) in [4.78, 5) is 7.13. The maximum Gasteiger partial charge on any atom is 0.0727 e. The number of rotatable bonds is 4. The van der Waals surface area contributed by atoms with Gasteiger partial charge in [-0.25, -0.2) is 0 Å². The van der Waals surface area contributed by atoms with Gasteiger partial charge in [-0.3, -0.25) is 4.98 Å². The van der Waals surface area contributed by atoms with Gasteiger partial charge in [-0.1, -0.05) is 6.92 Å². The smallest absolute Gasteiger partial charge is 0.0727 e. The van der Waals surface area contributed by atoms with E-state index < -0.39 is 0 Å². The Morgan fingerprint density at radius 2 is 2.00 bits per heavy atom. The number of hydrogen-bond donors (Lipinski definition) is 1. The number of hydrogen-bond acceptors (Lipinski definition) is 3. The van der Waals surface area contributed by atoms with Crippen molar-refractivity contribution in [1.82, 2.24) is 4.98 Å². The highest BCUT2D eigenvalue weighted by Gasteiger charge is 2.13. The molecule has 0 saturated carbocycles. The van der Waals surface area contributed by atoms with Crippen LogP contribution in [0, 0.1) is 6.92 Å². The molecule has 2 heterocycles. The Bertz CT molecular complexity index is 600. The van der Waals surface area contributed by atoms with Crippen molar-refractivity contribution in [3.8, 4) is 0 Å². The molecule has 0 unspecified atom stereocenters. The van der Waals surface area contributed by atoms with Gasteiger partial charge in [-0.2, -0.15) is 0 Å². The molecule has 1 aromatic carbocycles. The number of nitrogens with zero attached hydrogens (tertiary/aromatic N) is 2. The van der Waals surface area contributed by atoms with Gasteiger partial charge in [0, 0.05) is 42.1 Å². The van der Waals surface area contributed by atoms with Gasteiger partial charge in [0.05, 0.1) is 5.52 Å².